The average molecular weight is 296 g/mol. The molecule has 1 heterocycles. The third kappa shape index (κ3) is 8.65. The molecule has 1 N–H and O–H groups in total. The largest absolute Gasteiger partial charge is 0.492 e. The monoisotopic (exact) mass is 296 g/mol. The Bertz CT molecular complexity index is 372. The van der Waals surface area contributed by atoms with Gasteiger partial charge in [0.05, 0.1) is 26.0 Å². The molecule has 1 aromatic heterocycles. The van der Waals surface area contributed by atoms with Gasteiger partial charge in [0.2, 0.25) is 0 Å². The lowest BCUT2D eigenvalue weighted by Crippen LogP contribution is -2.19. The molecule has 0 aliphatic rings. The number of nitrogens with zero attached hydrogens (tertiary/aromatic N) is 1. The lowest BCUT2D eigenvalue weighted by Gasteiger charge is -2.12. The van der Waals surface area contributed by atoms with Crippen molar-refractivity contribution in [2.75, 3.05) is 40.1 Å². The number of hydrogen-bond donors (Lipinski definition) is 1. The van der Waals surface area contributed by atoms with Crippen molar-refractivity contribution >= 4 is 0 Å². The minimum atomic E-state index is 0.633. The van der Waals surface area contributed by atoms with Gasteiger partial charge < -0.3 is 19.5 Å². The molecule has 21 heavy (non-hydrogen) atoms. The molecule has 0 atom stereocenters. The van der Waals surface area contributed by atoms with E-state index in [0.29, 0.717) is 32.3 Å². The molecule has 5 nitrogen and oxygen atoms in total. The molecular weight excluding hydrogens is 268 g/mol. The lowest BCUT2D eigenvalue weighted by atomic mass is 10.2. The summed E-state index contributed by atoms with van der Waals surface area (Å²) in [6.07, 6.45) is 4.43. The number of nitrogens with one attached hydrogen (secondary N) is 1. The average Bonchev–Trinajstić information content (AvgIpc) is 2.47. The molecule has 5 heteroatoms. The van der Waals surface area contributed by atoms with Crippen LogP contribution in [0.2, 0.25) is 0 Å². The van der Waals surface area contributed by atoms with Crippen molar-refractivity contribution in [1.29, 1.82) is 0 Å². The molecule has 0 aliphatic heterocycles. The zero-order valence-electron chi connectivity index (χ0n) is 13.4. The summed E-state index contributed by atoms with van der Waals surface area (Å²) in [5.41, 5.74) is 1.14. The molecule has 0 aliphatic carbocycles. The fourth-order valence-corrected chi connectivity index (χ4v) is 1.77. The standard InChI is InChI=1S/C16H28N2O3/c1-14(2)11-18-12-15-5-6-17-13-16(15)21-8-4-7-20-10-9-19-3/h5-6,13-14,18H,4,7-12H2,1-3H3. The molecule has 1 rings (SSSR count). The third-order valence-electron chi connectivity index (χ3n) is 2.86. The van der Waals surface area contributed by atoms with Gasteiger partial charge in [-0.1, -0.05) is 13.8 Å². The molecule has 0 fully saturated rings. The van der Waals surface area contributed by atoms with E-state index < -0.39 is 0 Å². The summed E-state index contributed by atoms with van der Waals surface area (Å²) in [5.74, 6) is 1.49. The van der Waals surface area contributed by atoms with Gasteiger partial charge in [0.15, 0.2) is 0 Å². The number of pyridine rings is 1. The van der Waals surface area contributed by atoms with Gasteiger partial charge in [-0.3, -0.25) is 4.98 Å². The fourth-order valence-electron chi connectivity index (χ4n) is 1.77. The van der Waals surface area contributed by atoms with Crippen molar-refractivity contribution < 1.29 is 14.2 Å². The maximum atomic E-state index is 5.79. The zero-order valence-corrected chi connectivity index (χ0v) is 13.4. The summed E-state index contributed by atoms with van der Waals surface area (Å²) < 4.78 is 16.1. The van der Waals surface area contributed by atoms with E-state index in [1.807, 2.05) is 6.07 Å². The van der Waals surface area contributed by atoms with Gasteiger partial charge in [-0.05, 0) is 18.5 Å². The summed E-state index contributed by atoms with van der Waals surface area (Å²) in [6, 6.07) is 2.00. The molecule has 0 saturated carbocycles. The van der Waals surface area contributed by atoms with Gasteiger partial charge in [-0.2, -0.15) is 0 Å². The van der Waals surface area contributed by atoms with Crippen molar-refractivity contribution in [2.45, 2.75) is 26.8 Å². The smallest absolute Gasteiger partial charge is 0.142 e. The predicted molar refractivity (Wildman–Crippen MR) is 83.6 cm³/mol. The van der Waals surface area contributed by atoms with Gasteiger partial charge >= 0.3 is 0 Å². The van der Waals surface area contributed by atoms with E-state index >= 15 is 0 Å². The van der Waals surface area contributed by atoms with Crippen LogP contribution in [-0.4, -0.2) is 45.1 Å². The highest BCUT2D eigenvalue weighted by atomic mass is 16.5. The van der Waals surface area contributed by atoms with Crippen LogP contribution in [0.3, 0.4) is 0 Å². The van der Waals surface area contributed by atoms with E-state index in [0.717, 1.165) is 30.8 Å². The Kier molecular flexibility index (Phi) is 9.78. The normalized spacial score (nSPS) is 11.0. The Balaban J connectivity index is 2.24. The van der Waals surface area contributed by atoms with E-state index in [9.17, 15) is 0 Å². The second kappa shape index (κ2) is 11.5. The quantitative estimate of drug-likeness (QED) is 0.600. The van der Waals surface area contributed by atoms with Crippen molar-refractivity contribution in [3.63, 3.8) is 0 Å². The highest BCUT2D eigenvalue weighted by molar-refractivity contribution is 5.29. The SMILES string of the molecule is COCCOCCCOc1cnccc1CNCC(C)C. The van der Waals surface area contributed by atoms with Crippen LogP contribution >= 0.6 is 0 Å². The van der Waals surface area contributed by atoms with Crippen LogP contribution in [0, 0.1) is 5.92 Å². The van der Waals surface area contributed by atoms with E-state index in [1.54, 1.807) is 19.5 Å². The van der Waals surface area contributed by atoms with Gasteiger partial charge in [0.1, 0.15) is 5.75 Å². The first-order chi connectivity index (χ1) is 10.2. The summed E-state index contributed by atoms with van der Waals surface area (Å²) in [4.78, 5) is 4.13. The summed E-state index contributed by atoms with van der Waals surface area (Å²) in [5, 5.41) is 3.42. The number of hydrogen-bond acceptors (Lipinski definition) is 5. The number of rotatable bonds is 12. The second-order valence-corrected chi connectivity index (χ2v) is 5.32. The van der Waals surface area contributed by atoms with E-state index in [-0.39, 0.29) is 0 Å². The molecular formula is C16H28N2O3. The second-order valence-electron chi connectivity index (χ2n) is 5.32. The van der Waals surface area contributed by atoms with Crippen LogP contribution in [0.5, 0.6) is 5.75 Å². The first-order valence-electron chi connectivity index (χ1n) is 7.57. The van der Waals surface area contributed by atoms with Gasteiger partial charge in [0.25, 0.3) is 0 Å². The molecule has 0 radical (unpaired) electrons. The Morgan fingerprint density at radius 3 is 2.81 bits per heavy atom. The molecule has 0 unspecified atom stereocenters. The predicted octanol–water partition coefficient (Wildman–Crippen LogP) is 2.26. The van der Waals surface area contributed by atoms with Crippen LogP contribution in [0.15, 0.2) is 18.5 Å². The highest BCUT2D eigenvalue weighted by Gasteiger charge is 2.04. The van der Waals surface area contributed by atoms with E-state index in [2.05, 4.69) is 24.1 Å². The van der Waals surface area contributed by atoms with Gasteiger partial charge in [0, 0.05) is 38.4 Å². The van der Waals surface area contributed by atoms with Crippen molar-refractivity contribution in [3.8, 4) is 5.75 Å². The van der Waals surface area contributed by atoms with Gasteiger partial charge in [-0.25, -0.2) is 0 Å². The van der Waals surface area contributed by atoms with Crippen LogP contribution in [0.1, 0.15) is 25.8 Å². The Labute approximate surface area is 128 Å². The topological polar surface area (TPSA) is 52.6 Å². The number of aromatic nitrogens is 1. The number of ether oxygens (including phenoxy) is 3. The van der Waals surface area contributed by atoms with Gasteiger partial charge in [-0.15, -0.1) is 0 Å². The molecule has 0 bridgehead atoms. The molecule has 120 valence electrons. The van der Waals surface area contributed by atoms with Crippen LogP contribution in [0.25, 0.3) is 0 Å². The maximum Gasteiger partial charge on any atom is 0.142 e. The maximum absolute atomic E-state index is 5.79. The lowest BCUT2D eigenvalue weighted by molar-refractivity contribution is 0.0643. The van der Waals surface area contributed by atoms with E-state index in [1.165, 1.54) is 0 Å². The Morgan fingerprint density at radius 2 is 2.05 bits per heavy atom. The van der Waals surface area contributed by atoms with Crippen LogP contribution in [-0.2, 0) is 16.0 Å². The molecule has 0 saturated heterocycles. The zero-order chi connectivity index (χ0) is 15.3. The molecule has 0 spiro atoms. The van der Waals surface area contributed by atoms with Crippen LogP contribution < -0.4 is 10.1 Å². The first kappa shape index (κ1) is 17.9. The van der Waals surface area contributed by atoms with Crippen LogP contribution in [0.4, 0.5) is 0 Å². The third-order valence-corrected chi connectivity index (χ3v) is 2.86. The Morgan fingerprint density at radius 1 is 1.19 bits per heavy atom. The molecule has 0 aromatic carbocycles. The minimum absolute atomic E-state index is 0.633. The highest BCUT2D eigenvalue weighted by Crippen LogP contribution is 2.16. The summed E-state index contributed by atoms with van der Waals surface area (Å²) in [7, 11) is 1.67. The summed E-state index contributed by atoms with van der Waals surface area (Å²) >= 11 is 0. The minimum Gasteiger partial charge on any atom is -0.492 e. The first-order valence-corrected chi connectivity index (χ1v) is 7.57. The fraction of sp³-hybridized carbons (Fsp3) is 0.688. The summed E-state index contributed by atoms with van der Waals surface area (Å²) in [6.45, 7) is 8.78. The Hall–Kier alpha value is -1.17. The molecule has 1 aromatic rings. The van der Waals surface area contributed by atoms with Crippen molar-refractivity contribution in [2.24, 2.45) is 5.92 Å². The van der Waals surface area contributed by atoms with Crippen molar-refractivity contribution in [3.05, 3.63) is 24.0 Å². The van der Waals surface area contributed by atoms with E-state index in [4.69, 9.17) is 14.2 Å². The van der Waals surface area contributed by atoms with Crippen molar-refractivity contribution in [1.82, 2.24) is 10.3 Å². The number of methoxy groups -OCH3 is 1. The molecule has 0 amide bonds.